The van der Waals surface area contributed by atoms with Crippen LogP contribution in [-0.4, -0.2) is 22.5 Å². The van der Waals surface area contributed by atoms with Crippen LogP contribution in [0.5, 0.6) is 0 Å². The Morgan fingerprint density at radius 2 is 2.15 bits per heavy atom. The van der Waals surface area contributed by atoms with Crippen LogP contribution in [0.15, 0.2) is 23.9 Å². The Balaban J connectivity index is 3.02. The average Bonchev–Trinajstić information content (AvgIpc) is 2.01. The lowest BCUT2D eigenvalue weighted by Gasteiger charge is -2.27. The summed E-state index contributed by atoms with van der Waals surface area (Å²) in [5, 5.41) is 17.2. The summed E-state index contributed by atoms with van der Waals surface area (Å²) in [7, 11) is 0. The fourth-order valence-corrected chi connectivity index (χ4v) is 0.979. The van der Waals surface area contributed by atoms with Crippen LogP contribution in [0.25, 0.3) is 0 Å². The number of nitrogens with zero attached hydrogens (tertiary/aromatic N) is 2. The molecule has 3 nitrogen and oxygen atoms in total. The summed E-state index contributed by atoms with van der Waals surface area (Å²) in [5.41, 5.74) is -0.530. The molecule has 1 unspecified atom stereocenters. The van der Waals surface area contributed by atoms with Crippen molar-refractivity contribution in [3.8, 4) is 6.07 Å². The van der Waals surface area contributed by atoms with E-state index in [0.717, 1.165) is 12.3 Å². The quantitative estimate of drug-likeness (QED) is 0.630. The Hall–Kier alpha value is -1.48. The summed E-state index contributed by atoms with van der Waals surface area (Å²) in [6.45, 7) is 0. The first-order valence-electron chi connectivity index (χ1n) is 3.29. The Kier molecular flexibility index (Phi) is 2.30. The molecule has 1 aliphatic rings. The van der Waals surface area contributed by atoms with Gasteiger partial charge in [0.1, 0.15) is 0 Å². The molecule has 0 bridgehead atoms. The molecule has 0 fully saturated rings. The number of hydroxylamine groups is 2. The summed E-state index contributed by atoms with van der Waals surface area (Å²) < 4.78 is 36.6. The van der Waals surface area contributed by atoms with Gasteiger partial charge in [0.2, 0.25) is 0 Å². The van der Waals surface area contributed by atoms with Gasteiger partial charge in [-0.05, 0) is 12.2 Å². The molecule has 1 atom stereocenters. The van der Waals surface area contributed by atoms with Crippen LogP contribution < -0.4 is 0 Å². The van der Waals surface area contributed by atoms with Crippen molar-refractivity contribution < 1.29 is 18.4 Å². The zero-order valence-electron chi connectivity index (χ0n) is 6.28. The predicted molar refractivity (Wildman–Crippen MR) is 36.3 cm³/mol. The van der Waals surface area contributed by atoms with Gasteiger partial charge in [-0.15, -0.1) is 0 Å². The Morgan fingerprint density at radius 1 is 1.54 bits per heavy atom. The molecule has 0 aliphatic carbocycles. The molecule has 1 N–H and O–H groups in total. The van der Waals surface area contributed by atoms with Crippen LogP contribution in [0.3, 0.4) is 0 Å². The van der Waals surface area contributed by atoms with Crippen molar-refractivity contribution in [2.45, 2.75) is 12.2 Å². The SMILES string of the molecule is N#CC1=CC=CN(O)C1C(F)(F)F. The van der Waals surface area contributed by atoms with Gasteiger partial charge in [-0.25, -0.2) is 5.06 Å². The van der Waals surface area contributed by atoms with Crippen molar-refractivity contribution in [3.63, 3.8) is 0 Å². The molecule has 0 saturated carbocycles. The molecular formula is C7H5F3N2O. The van der Waals surface area contributed by atoms with Crippen molar-refractivity contribution in [1.82, 2.24) is 5.06 Å². The fraction of sp³-hybridized carbons (Fsp3) is 0.286. The van der Waals surface area contributed by atoms with E-state index < -0.39 is 17.8 Å². The minimum atomic E-state index is -4.65. The summed E-state index contributed by atoms with van der Waals surface area (Å²) in [4.78, 5) is 0. The maximum absolute atomic E-state index is 12.2. The van der Waals surface area contributed by atoms with Crippen LogP contribution in [0, 0.1) is 11.3 Å². The van der Waals surface area contributed by atoms with Crippen molar-refractivity contribution in [2.75, 3.05) is 0 Å². The lowest BCUT2D eigenvalue weighted by atomic mass is 10.1. The molecule has 0 radical (unpaired) electrons. The summed E-state index contributed by atoms with van der Waals surface area (Å²) >= 11 is 0. The van der Waals surface area contributed by atoms with E-state index in [0.29, 0.717) is 0 Å². The molecule has 70 valence electrons. The Bertz CT molecular complexity index is 300. The molecule has 0 aromatic carbocycles. The molecule has 0 spiro atoms. The standard InChI is InChI=1S/C7H5F3N2O/c8-7(9,10)6-5(4-11)2-1-3-12(6)13/h1-3,6,13H. The Labute approximate surface area is 71.9 Å². The molecular weight excluding hydrogens is 185 g/mol. The smallest absolute Gasteiger partial charge is 0.288 e. The molecule has 0 aromatic rings. The zero-order chi connectivity index (χ0) is 10.1. The number of nitriles is 1. The highest BCUT2D eigenvalue weighted by atomic mass is 19.4. The molecule has 13 heavy (non-hydrogen) atoms. The number of allylic oxidation sites excluding steroid dienone is 2. The lowest BCUT2D eigenvalue weighted by molar-refractivity contribution is -0.220. The van der Waals surface area contributed by atoms with Crippen LogP contribution in [0.1, 0.15) is 0 Å². The second-order valence-corrected chi connectivity index (χ2v) is 2.40. The van der Waals surface area contributed by atoms with E-state index in [4.69, 9.17) is 10.5 Å². The molecule has 1 aliphatic heterocycles. The predicted octanol–water partition coefficient (Wildman–Crippen LogP) is 1.59. The second-order valence-electron chi connectivity index (χ2n) is 2.40. The van der Waals surface area contributed by atoms with Gasteiger partial charge in [-0.3, -0.25) is 5.21 Å². The lowest BCUT2D eigenvalue weighted by Crippen LogP contribution is -2.43. The minimum Gasteiger partial charge on any atom is -0.288 e. The van der Waals surface area contributed by atoms with Gasteiger partial charge >= 0.3 is 6.18 Å². The first kappa shape index (κ1) is 9.61. The number of halogens is 3. The normalized spacial score (nSPS) is 22.5. The maximum Gasteiger partial charge on any atom is 0.416 e. The van der Waals surface area contributed by atoms with Crippen LogP contribution in [0.4, 0.5) is 13.2 Å². The number of alkyl halides is 3. The second kappa shape index (κ2) is 3.11. The van der Waals surface area contributed by atoms with Gasteiger partial charge in [-0.2, -0.15) is 18.4 Å². The van der Waals surface area contributed by atoms with Crippen molar-refractivity contribution in [1.29, 1.82) is 5.26 Å². The van der Waals surface area contributed by atoms with E-state index >= 15 is 0 Å². The third-order valence-corrected chi connectivity index (χ3v) is 1.51. The highest BCUT2D eigenvalue weighted by molar-refractivity contribution is 5.34. The van der Waals surface area contributed by atoms with Gasteiger partial charge in [-0.1, -0.05) is 0 Å². The van der Waals surface area contributed by atoms with E-state index in [2.05, 4.69) is 0 Å². The van der Waals surface area contributed by atoms with Crippen molar-refractivity contribution in [2.24, 2.45) is 0 Å². The van der Waals surface area contributed by atoms with E-state index in [1.54, 1.807) is 0 Å². The van der Waals surface area contributed by atoms with E-state index in [1.165, 1.54) is 12.1 Å². The third kappa shape index (κ3) is 1.81. The van der Waals surface area contributed by atoms with E-state index in [1.807, 2.05) is 0 Å². The minimum absolute atomic E-state index is 0.0292. The van der Waals surface area contributed by atoms with Crippen molar-refractivity contribution in [3.05, 3.63) is 23.9 Å². The van der Waals surface area contributed by atoms with Crippen molar-refractivity contribution >= 4 is 0 Å². The van der Waals surface area contributed by atoms with E-state index in [9.17, 15) is 13.2 Å². The van der Waals surface area contributed by atoms with Gasteiger partial charge in [0.05, 0.1) is 11.6 Å². The van der Waals surface area contributed by atoms with Crippen LogP contribution in [-0.2, 0) is 0 Å². The molecule has 0 aromatic heterocycles. The van der Waals surface area contributed by atoms with Gasteiger partial charge in [0, 0.05) is 6.20 Å². The fourth-order valence-electron chi connectivity index (χ4n) is 0.979. The van der Waals surface area contributed by atoms with Gasteiger partial charge in [0.15, 0.2) is 6.04 Å². The van der Waals surface area contributed by atoms with Gasteiger partial charge in [0.25, 0.3) is 0 Å². The third-order valence-electron chi connectivity index (χ3n) is 1.51. The highest BCUT2D eigenvalue weighted by Gasteiger charge is 2.46. The average molecular weight is 190 g/mol. The highest BCUT2D eigenvalue weighted by Crippen LogP contribution is 2.30. The molecule has 1 rings (SSSR count). The van der Waals surface area contributed by atoms with Crippen LogP contribution >= 0.6 is 0 Å². The summed E-state index contributed by atoms with van der Waals surface area (Å²) in [5.74, 6) is 0. The zero-order valence-corrected chi connectivity index (χ0v) is 6.28. The monoisotopic (exact) mass is 190 g/mol. The molecule has 0 amide bonds. The molecule has 0 saturated heterocycles. The summed E-state index contributed by atoms with van der Waals surface area (Å²) in [6, 6.07) is -0.869. The first-order chi connectivity index (χ1) is 5.96. The maximum atomic E-state index is 12.2. The number of hydrogen-bond acceptors (Lipinski definition) is 3. The molecule has 1 heterocycles. The number of rotatable bonds is 0. The van der Waals surface area contributed by atoms with Crippen LogP contribution in [0.2, 0.25) is 0 Å². The Morgan fingerprint density at radius 3 is 2.54 bits per heavy atom. The summed E-state index contributed by atoms with van der Waals surface area (Å²) in [6.07, 6.45) is -1.62. The number of hydrogen-bond donors (Lipinski definition) is 1. The topological polar surface area (TPSA) is 47.3 Å². The largest absolute Gasteiger partial charge is 0.416 e. The first-order valence-corrected chi connectivity index (χ1v) is 3.29. The molecule has 6 heteroatoms. The van der Waals surface area contributed by atoms with Gasteiger partial charge < -0.3 is 0 Å². The van der Waals surface area contributed by atoms with E-state index in [-0.39, 0.29) is 5.06 Å².